The van der Waals surface area contributed by atoms with Crippen LogP contribution in [0.4, 0.5) is 5.82 Å². The van der Waals surface area contributed by atoms with E-state index in [1.807, 2.05) is 23.9 Å². The first-order valence-electron chi connectivity index (χ1n) is 9.57. The molecule has 1 saturated carbocycles. The van der Waals surface area contributed by atoms with E-state index in [-0.39, 0.29) is 18.1 Å². The summed E-state index contributed by atoms with van der Waals surface area (Å²) in [5.74, 6) is 0.732. The lowest BCUT2D eigenvalue weighted by atomic mass is 10.1. The molecule has 2 unspecified atom stereocenters. The van der Waals surface area contributed by atoms with Gasteiger partial charge < -0.3 is 35.5 Å². The van der Waals surface area contributed by atoms with Crippen molar-refractivity contribution < 1.29 is 14.9 Å². The number of aliphatic hydroxyl groups excluding tert-OH is 2. The van der Waals surface area contributed by atoms with E-state index in [2.05, 4.69) is 25.9 Å². The molecule has 0 aromatic carbocycles. The van der Waals surface area contributed by atoms with Gasteiger partial charge in [0.05, 0.1) is 30.2 Å². The summed E-state index contributed by atoms with van der Waals surface area (Å²) in [4.78, 5) is 8.61. The Labute approximate surface area is 158 Å². The number of rotatable bonds is 6. The highest BCUT2D eigenvalue weighted by Gasteiger charge is 2.42. The Balaban J connectivity index is 1.42. The second-order valence-corrected chi connectivity index (χ2v) is 7.33. The lowest BCUT2D eigenvalue weighted by molar-refractivity contribution is 0.00418. The van der Waals surface area contributed by atoms with Gasteiger partial charge in [0.2, 0.25) is 0 Å². The molecule has 1 aliphatic carbocycles. The summed E-state index contributed by atoms with van der Waals surface area (Å²) in [6.45, 7) is 3.85. The number of fused-ring (bicyclic) bond motifs is 1. The summed E-state index contributed by atoms with van der Waals surface area (Å²) in [7, 11) is 1.82. The number of ether oxygens (including phenoxy) is 1. The van der Waals surface area contributed by atoms with E-state index in [0.717, 1.165) is 43.1 Å². The molecule has 2 fully saturated rings. The molecule has 0 radical (unpaired) electrons. The smallest absolute Gasteiger partial charge is 0.145 e. The van der Waals surface area contributed by atoms with Crippen LogP contribution in [0.5, 0.6) is 0 Å². The third kappa shape index (κ3) is 3.65. The first-order chi connectivity index (χ1) is 13.2. The van der Waals surface area contributed by atoms with E-state index in [4.69, 9.17) is 4.74 Å². The highest BCUT2D eigenvalue weighted by molar-refractivity contribution is 5.87. The van der Waals surface area contributed by atoms with Crippen molar-refractivity contribution >= 4 is 16.9 Å². The zero-order valence-corrected chi connectivity index (χ0v) is 15.5. The summed E-state index contributed by atoms with van der Waals surface area (Å²) >= 11 is 0. The van der Waals surface area contributed by atoms with Gasteiger partial charge in [-0.3, -0.25) is 0 Å². The summed E-state index contributed by atoms with van der Waals surface area (Å²) < 4.78 is 7.64. The Kier molecular flexibility index (Phi) is 5.55. The van der Waals surface area contributed by atoms with Gasteiger partial charge in [-0.15, -0.1) is 0 Å². The third-order valence-electron chi connectivity index (χ3n) is 5.66. The van der Waals surface area contributed by atoms with Gasteiger partial charge in [0.1, 0.15) is 23.9 Å². The molecule has 2 aliphatic rings. The van der Waals surface area contributed by atoms with E-state index >= 15 is 0 Å². The normalized spacial score (nSPS) is 31.4. The third-order valence-corrected chi connectivity index (χ3v) is 5.66. The van der Waals surface area contributed by atoms with Crippen LogP contribution in [-0.4, -0.2) is 82.9 Å². The Morgan fingerprint density at radius 3 is 2.96 bits per heavy atom. The fraction of sp³-hybridized carbons (Fsp3) is 0.667. The van der Waals surface area contributed by atoms with Gasteiger partial charge in [0, 0.05) is 45.3 Å². The molecule has 1 saturated heterocycles. The van der Waals surface area contributed by atoms with Gasteiger partial charge in [0.15, 0.2) is 0 Å². The molecule has 9 nitrogen and oxygen atoms in total. The average molecular weight is 376 g/mol. The molecule has 2 aromatic heterocycles. The highest BCUT2D eigenvalue weighted by Crippen LogP contribution is 2.37. The topological polar surface area (TPSA) is 116 Å². The molecule has 1 aliphatic heterocycles. The van der Waals surface area contributed by atoms with Crippen LogP contribution in [0.25, 0.3) is 11.0 Å². The van der Waals surface area contributed by atoms with E-state index in [9.17, 15) is 10.2 Å². The summed E-state index contributed by atoms with van der Waals surface area (Å²) in [5, 5.41) is 31.8. The van der Waals surface area contributed by atoms with Crippen molar-refractivity contribution in [3.63, 3.8) is 0 Å². The van der Waals surface area contributed by atoms with Crippen LogP contribution < -0.4 is 16.0 Å². The van der Waals surface area contributed by atoms with Crippen LogP contribution in [0.3, 0.4) is 0 Å². The van der Waals surface area contributed by atoms with E-state index in [1.165, 1.54) is 6.33 Å². The van der Waals surface area contributed by atoms with Gasteiger partial charge >= 0.3 is 0 Å². The molecule has 5 atom stereocenters. The van der Waals surface area contributed by atoms with Crippen molar-refractivity contribution in [1.29, 1.82) is 0 Å². The SMILES string of the molecule is CNc1ncnc2c1ccn2C1C[C@H](CNCC2CNCCO2)[C@@H](O)[C@H]1O. The maximum atomic E-state index is 10.6. The molecule has 27 heavy (non-hydrogen) atoms. The first kappa shape index (κ1) is 18.6. The molecule has 2 aromatic rings. The van der Waals surface area contributed by atoms with Gasteiger partial charge in [-0.05, 0) is 12.5 Å². The Morgan fingerprint density at radius 2 is 2.19 bits per heavy atom. The molecule has 0 bridgehead atoms. The summed E-state index contributed by atoms with van der Waals surface area (Å²) in [5.41, 5.74) is 0.765. The van der Waals surface area contributed by atoms with Crippen molar-refractivity contribution in [2.75, 3.05) is 45.2 Å². The molecular weight excluding hydrogens is 348 g/mol. The molecule has 0 amide bonds. The monoisotopic (exact) mass is 376 g/mol. The average Bonchev–Trinajstić information content (AvgIpc) is 3.25. The van der Waals surface area contributed by atoms with Gasteiger partial charge in [-0.1, -0.05) is 0 Å². The molecule has 4 rings (SSSR count). The zero-order chi connectivity index (χ0) is 18.8. The molecule has 9 heteroatoms. The number of hydrogen-bond acceptors (Lipinski definition) is 8. The summed E-state index contributed by atoms with van der Waals surface area (Å²) in [6, 6.07) is 1.73. The molecular formula is C18H28N6O3. The predicted molar refractivity (Wildman–Crippen MR) is 102 cm³/mol. The number of nitrogens with one attached hydrogen (secondary N) is 3. The quantitative estimate of drug-likeness (QED) is 0.451. The molecule has 5 N–H and O–H groups in total. The maximum absolute atomic E-state index is 10.6. The largest absolute Gasteiger partial charge is 0.390 e. The van der Waals surface area contributed by atoms with Crippen molar-refractivity contribution in [3.8, 4) is 0 Å². The van der Waals surface area contributed by atoms with Crippen LogP contribution in [0.2, 0.25) is 0 Å². The van der Waals surface area contributed by atoms with Crippen molar-refractivity contribution in [2.24, 2.45) is 5.92 Å². The lowest BCUT2D eigenvalue weighted by Gasteiger charge is -2.25. The molecule has 3 heterocycles. The number of aliphatic hydroxyl groups is 2. The second-order valence-electron chi connectivity index (χ2n) is 7.33. The van der Waals surface area contributed by atoms with E-state index < -0.39 is 12.2 Å². The van der Waals surface area contributed by atoms with Crippen LogP contribution in [0, 0.1) is 5.92 Å². The van der Waals surface area contributed by atoms with Gasteiger partial charge in [0.25, 0.3) is 0 Å². The standard InChI is InChI=1S/C18H28N6O3/c1-19-17-13-2-4-24(18(13)23-10-22-17)14-6-11(15(25)16(14)26)7-21-9-12-8-20-3-5-27-12/h2,4,10-12,14-16,20-21,25-26H,3,5-9H2,1H3,(H,19,22,23)/t11-,12?,14?,15-,16+/m1/s1. The van der Waals surface area contributed by atoms with Crippen LogP contribution >= 0.6 is 0 Å². The molecule has 148 valence electrons. The zero-order valence-electron chi connectivity index (χ0n) is 15.5. The second kappa shape index (κ2) is 8.07. The van der Waals surface area contributed by atoms with Crippen molar-refractivity contribution in [2.45, 2.75) is 30.8 Å². The van der Waals surface area contributed by atoms with Crippen LogP contribution in [0.1, 0.15) is 12.5 Å². The number of morpholine rings is 1. The lowest BCUT2D eigenvalue weighted by Crippen LogP contribution is -2.45. The fourth-order valence-electron chi connectivity index (χ4n) is 4.20. The van der Waals surface area contributed by atoms with Crippen molar-refractivity contribution in [3.05, 3.63) is 18.6 Å². The van der Waals surface area contributed by atoms with Gasteiger partial charge in [-0.2, -0.15) is 0 Å². The van der Waals surface area contributed by atoms with E-state index in [1.54, 1.807) is 0 Å². The minimum Gasteiger partial charge on any atom is -0.390 e. The van der Waals surface area contributed by atoms with Crippen molar-refractivity contribution in [1.82, 2.24) is 25.2 Å². The van der Waals surface area contributed by atoms with E-state index in [0.29, 0.717) is 13.0 Å². The van der Waals surface area contributed by atoms with Crippen LogP contribution in [-0.2, 0) is 4.74 Å². The Hall–Kier alpha value is -1.78. The Bertz CT molecular complexity index is 763. The first-order valence-corrected chi connectivity index (χ1v) is 9.57. The number of anilines is 1. The summed E-state index contributed by atoms with van der Waals surface area (Å²) in [6.07, 6.45) is 2.67. The number of hydrogen-bond donors (Lipinski definition) is 5. The fourth-order valence-corrected chi connectivity index (χ4v) is 4.20. The highest BCUT2D eigenvalue weighted by atomic mass is 16.5. The minimum absolute atomic E-state index is 0.0235. The molecule has 0 spiro atoms. The minimum atomic E-state index is -0.826. The Morgan fingerprint density at radius 1 is 1.30 bits per heavy atom. The number of nitrogens with zero attached hydrogens (tertiary/aromatic N) is 3. The van der Waals surface area contributed by atoms with Crippen LogP contribution in [0.15, 0.2) is 18.6 Å². The maximum Gasteiger partial charge on any atom is 0.145 e. The number of aromatic nitrogens is 3. The van der Waals surface area contributed by atoms with Gasteiger partial charge in [-0.25, -0.2) is 9.97 Å². The predicted octanol–water partition coefficient (Wildman–Crippen LogP) is -0.666.